The highest BCUT2D eigenvalue weighted by atomic mass is 19.4. The van der Waals surface area contributed by atoms with Crippen LogP contribution >= 0.6 is 0 Å². The van der Waals surface area contributed by atoms with Crippen molar-refractivity contribution in [2.24, 2.45) is 0 Å². The molecule has 0 radical (unpaired) electrons. The third-order valence-electron chi connectivity index (χ3n) is 6.23. The van der Waals surface area contributed by atoms with Crippen LogP contribution in [0.1, 0.15) is 59.6 Å². The van der Waals surface area contributed by atoms with Crippen LogP contribution < -0.4 is 5.73 Å². The van der Waals surface area contributed by atoms with E-state index in [0.29, 0.717) is 23.5 Å². The third kappa shape index (κ3) is 4.43. The first-order chi connectivity index (χ1) is 16.0. The van der Waals surface area contributed by atoms with Crippen LogP contribution in [-0.4, -0.2) is 38.0 Å². The maximum Gasteiger partial charge on any atom is 0.417 e. The summed E-state index contributed by atoms with van der Waals surface area (Å²) in [7, 11) is 0. The highest BCUT2D eigenvalue weighted by molar-refractivity contribution is 5.99. The number of anilines is 1. The molecule has 0 bridgehead atoms. The van der Waals surface area contributed by atoms with Crippen molar-refractivity contribution in [2.45, 2.75) is 58.3 Å². The number of rotatable bonds is 5. The molecule has 7 nitrogen and oxygen atoms in total. The monoisotopic (exact) mass is 474 g/mol. The fourth-order valence-electron chi connectivity index (χ4n) is 4.09. The summed E-state index contributed by atoms with van der Waals surface area (Å²) in [4.78, 5) is 23.2. The molecule has 3 atom stereocenters. The Hall–Kier alpha value is -3.24. The number of nitrogens with zero attached hydrogens (tertiary/aromatic N) is 3. The Morgan fingerprint density at radius 3 is 2.65 bits per heavy atom. The van der Waals surface area contributed by atoms with E-state index in [0.717, 1.165) is 28.8 Å². The first-order valence-electron chi connectivity index (χ1n) is 10.8. The molecule has 1 aliphatic rings. The average Bonchev–Trinajstić information content (AvgIpc) is 3.18. The molecule has 3 heterocycles. The van der Waals surface area contributed by atoms with Gasteiger partial charge in [0.05, 0.1) is 48.2 Å². The molecule has 0 aliphatic carbocycles. The lowest BCUT2D eigenvalue weighted by Gasteiger charge is -2.31. The van der Waals surface area contributed by atoms with Gasteiger partial charge in [-0.15, -0.1) is 0 Å². The summed E-state index contributed by atoms with van der Waals surface area (Å²) in [6, 6.07) is 6.57. The van der Waals surface area contributed by atoms with Crippen LogP contribution in [0.2, 0.25) is 0 Å². The van der Waals surface area contributed by atoms with Crippen molar-refractivity contribution in [3.05, 3.63) is 64.5 Å². The number of hydrogen-bond donors (Lipinski definition) is 2. The molecule has 1 aliphatic heterocycles. The van der Waals surface area contributed by atoms with Gasteiger partial charge in [0, 0.05) is 22.7 Å². The topological polar surface area (TPSA) is 102 Å². The van der Waals surface area contributed by atoms with Crippen molar-refractivity contribution in [3.8, 4) is 0 Å². The second-order valence-electron chi connectivity index (χ2n) is 8.52. The molecule has 0 saturated heterocycles. The van der Waals surface area contributed by atoms with Gasteiger partial charge in [0.15, 0.2) is 0 Å². The van der Waals surface area contributed by atoms with Gasteiger partial charge in [0.2, 0.25) is 0 Å². The van der Waals surface area contributed by atoms with Gasteiger partial charge in [-0.05, 0) is 56.7 Å². The van der Waals surface area contributed by atoms with E-state index in [1.54, 1.807) is 32.0 Å². The number of halogens is 3. The van der Waals surface area contributed by atoms with Crippen molar-refractivity contribution >= 4 is 22.6 Å². The standard InChI is InChI=1S/C24H25F3N4O3/c1-12(13(2)32)31(10-17-6-5-16(9-29-17)24(25,26)27)23(33)15-4-7-20-18(8-15)19-11-34-14(3)21(19)22(28)30-20/h4-9,12-14,32H,10-11H2,1-3H3,(H2,28,30)/t12-,13+,14-/m1/s1. The minimum atomic E-state index is -4.50. The van der Waals surface area contributed by atoms with E-state index in [2.05, 4.69) is 9.97 Å². The molecule has 10 heteroatoms. The van der Waals surface area contributed by atoms with Crippen LogP contribution in [0, 0.1) is 0 Å². The van der Waals surface area contributed by atoms with Gasteiger partial charge in [-0.25, -0.2) is 4.98 Å². The Morgan fingerprint density at radius 2 is 2.03 bits per heavy atom. The van der Waals surface area contributed by atoms with E-state index < -0.39 is 29.8 Å². The molecule has 3 N–H and O–H groups in total. The zero-order valence-corrected chi connectivity index (χ0v) is 18.9. The molecular weight excluding hydrogens is 449 g/mol. The van der Waals surface area contributed by atoms with Crippen LogP contribution in [-0.2, 0) is 24.1 Å². The molecule has 1 aromatic carbocycles. The first-order valence-corrected chi connectivity index (χ1v) is 10.8. The largest absolute Gasteiger partial charge is 0.417 e. The number of hydrogen-bond acceptors (Lipinski definition) is 6. The average molecular weight is 474 g/mol. The lowest BCUT2D eigenvalue weighted by Crippen LogP contribution is -2.44. The summed E-state index contributed by atoms with van der Waals surface area (Å²) in [6.07, 6.45) is -4.85. The predicted molar refractivity (Wildman–Crippen MR) is 120 cm³/mol. The molecule has 0 fully saturated rings. The van der Waals surface area contributed by atoms with Gasteiger partial charge in [0.25, 0.3) is 5.91 Å². The SMILES string of the molecule is C[C@H](O)[C@@H](C)N(Cc1ccc(C(F)(F)F)cn1)C(=O)c1ccc2nc(N)c3c(c2c1)CO[C@@H]3C. The quantitative estimate of drug-likeness (QED) is 0.574. The molecule has 34 heavy (non-hydrogen) atoms. The number of amides is 1. The van der Waals surface area contributed by atoms with Crippen molar-refractivity contribution < 1.29 is 27.8 Å². The van der Waals surface area contributed by atoms with Crippen LogP contribution in [0.5, 0.6) is 0 Å². The fourth-order valence-corrected chi connectivity index (χ4v) is 4.09. The van der Waals surface area contributed by atoms with E-state index in [1.807, 2.05) is 6.92 Å². The lowest BCUT2D eigenvalue weighted by molar-refractivity contribution is -0.137. The van der Waals surface area contributed by atoms with Crippen LogP contribution in [0.3, 0.4) is 0 Å². The molecule has 0 saturated carbocycles. The zero-order valence-electron chi connectivity index (χ0n) is 18.9. The van der Waals surface area contributed by atoms with Crippen molar-refractivity contribution in [3.63, 3.8) is 0 Å². The minimum Gasteiger partial charge on any atom is -0.391 e. The maximum absolute atomic E-state index is 13.5. The molecule has 0 unspecified atom stereocenters. The van der Waals surface area contributed by atoms with E-state index in [1.165, 1.54) is 11.0 Å². The van der Waals surface area contributed by atoms with E-state index in [-0.39, 0.29) is 18.3 Å². The van der Waals surface area contributed by atoms with Crippen LogP contribution in [0.25, 0.3) is 10.9 Å². The predicted octanol–water partition coefficient (Wildman–Crippen LogP) is 4.23. The van der Waals surface area contributed by atoms with Crippen molar-refractivity contribution in [1.29, 1.82) is 0 Å². The Labute approximate surface area is 194 Å². The Balaban J connectivity index is 1.70. The molecule has 180 valence electrons. The van der Waals surface area contributed by atoms with Gasteiger partial charge < -0.3 is 20.5 Å². The molecular formula is C24H25F3N4O3. The number of alkyl halides is 3. The molecule has 3 aromatic rings. The van der Waals surface area contributed by atoms with E-state index >= 15 is 0 Å². The zero-order chi connectivity index (χ0) is 24.8. The van der Waals surface area contributed by atoms with E-state index in [9.17, 15) is 23.1 Å². The van der Waals surface area contributed by atoms with E-state index in [4.69, 9.17) is 10.5 Å². The normalized spacial score (nSPS) is 17.4. The lowest BCUT2D eigenvalue weighted by atomic mass is 9.99. The summed E-state index contributed by atoms with van der Waals surface area (Å²) in [5.41, 5.74) is 8.16. The highest BCUT2D eigenvalue weighted by Crippen LogP contribution is 2.38. The molecule has 4 rings (SSSR count). The Bertz CT molecular complexity index is 1230. The van der Waals surface area contributed by atoms with Crippen LogP contribution in [0.15, 0.2) is 36.5 Å². The summed E-state index contributed by atoms with van der Waals surface area (Å²) in [5.74, 6) is -0.00107. The second kappa shape index (κ2) is 8.84. The minimum absolute atomic E-state index is 0.0701. The van der Waals surface area contributed by atoms with Gasteiger partial charge in [-0.3, -0.25) is 9.78 Å². The van der Waals surface area contributed by atoms with Crippen LogP contribution in [0.4, 0.5) is 19.0 Å². The summed E-state index contributed by atoms with van der Waals surface area (Å²) in [5, 5.41) is 10.9. The summed E-state index contributed by atoms with van der Waals surface area (Å²) in [6.45, 7) is 5.38. The number of aliphatic hydroxyl groups excluding tert-OH is 1. The highest BCUT2D eigenvalue weighted by Gasteiger charge is 2.32. The first kappa shape index (κ1) is 23.9. The fraction of sp³-hybridized carbons (Fsp3) is 0.375. The van der Waals surface area contributed by atoms with Gasteiger partial charge >= 0.3 is 6.18 Å². The number of nitrogen functional groups attached to an aromatic ring is 1. The number of pyridine rings is 2. The number of benzene rings is 1. The third-order valence-corrected chi connectivity index (χ3v) is 6.23. The summed E-state index contributed by atoms with van der Waals surface area (Å²) >= 11 is 0. The number of nitrogens with two attached hydrogens (primary N) is 1. The number of carbonyl (C=O) groups is 1. The number of aliphatic hydroxyl groups is 1. The number of fused-ring (bicyclic) bond motifs is 3. The Morgan fingerprint density at radius 1 is 1.29 bits per heavy atom. The second-order valence-corrected chi connectivity index (χ2v) is 8.52. The summed E-state index contributed by atoms with van der Waals surface area (Å²) < 4.78 is 44.3. The molecule has 1 amide bonds. The Kier molecular flexibility index (Phi) is 6.22. The van der Waals surface area contributed by atoms with Crippen molar-refractivity contribution in [1.82, 2.24) is 14.9 Å². The number of aromatic nitrogens is 2. The van der Waals surface area contributed by atoms with Crippen molar-refractivity contribution in [2.75, 3.05) is 5.73 Å². The number of carbonyl (C=O) groups excluding carboxylic acids is 1. The number of ether oxygens (including phenoxy) is 1. The molecule has 2 aromatic heterocycles. The smallest absolute Gasteiger partial charge is 0.391 e. The van der Waals surface area contributed by atoms with Gasteiger partial charge in [-0.1, -0.05) is 0 Å². The van der Waals surface area contributed by atoms with Gasteiger partial charge in [0.1, 0.15) is 5.82 Å². The van der Waals surface area contributed by atoms with Gasteiger partial charge in [-0.2, -0.15) is 13.2 Å². The maximum atomic E-state index is 13.5. The molecule has 0 spiro atoms.